The molecule has 0 aromatic carbocycles. The van der Waals surface area contributed by atoms with E-state index in [1.807, 2.05) is 13.1 Å². The molecule has 1 aliphatic rings. The number of aromatic nitrogens is 1. The van der Waals surface area contributed by atoms with E-state index in [2.05, 4.69) is 46.3 Å². The van der Waals surface area contributed by atoms with Crippen molar-refractivity contribution in [1.82, 2.24) is 25.4 Å². The lowest BCUT2D eigenvalue weighted by Gasteiger charge is -2.34. The molecular formula is C16H29N5OS. The molecule has 1 aliphatic heterocycles. The third kappa shape index (κ3) is 6.08. The van der Waals surface area contributed by atoms with Crippen LogP contribution in [-0.2, 0) is 0 Å². The highest BCUT2D eigenvalue weighted by atomic mass is 32.1. The second-order valence-electron chi connectivity index (χ2n) is 6.57. The van der Waals surface area contributed by atoms with Crippen molar-refractivity contribution in [2.75, 3.05) is 46.3 Å². The van der Waals surface area contributed by atoms with Gasteiger partial charge in [0.2, 0.25) is 0 Å². The predicted octanol–water partition coefficient (Wildman–Crippen LogP) is 1.49. The zero-order chi connectivity index (χ0) is 16.8. The van der Waals surface area contributed by atoms with Gasteiger partial charge in [-0.1, -0.05) is 6.92 Å². The minimum absolute atomic E-state index is 0.0910. The Morgan fingerprint density at radius 1 is 1.35 bits per heavy atom. The normalized spacial score (nSPS) is 19.3. The highest BCUT2D eigenvalue weighted by Crippen LogP contribution is 2.20. The molecule has 2 atom stereocenters. The van der Waals surface area contributed by atoms with Gasteiger partial charge in [-0.05, 0) is 20.9 Å². The predicted molar refractivity (Wildman–Crippen MR) is 95.2 cm³/mol. The molecule has 6 nitrogen and oxygen atoms in total. The quantitative estimate of drug-likeness (QED) is 0.824. The molecule has 7 heteroatoms. The van der Waals surface area contributed by atoms with E-state index >= 15 is 0 Å². The van der Waals surface area contributed by atoms with Crippen LogP contribution in [0, 0.1) is 6.92 Å². The van der Waals surface area contributed by atoms with E-state index in [-0.39, 0.29) is 18.0 Å². The summed E-state index contributed by atoms with van der Waals surface area (Å²) in [6.45, 7) is 12.1. The molecule has 2 unspecified atom stereocenters. The van der Waals surface area contributed by atoms with Crippen molar-refractivity contribution in [2.45, 2.75) is 32.7 Å². The fourth-order valence-corrected chi connectivity index (χ4v) is 3.50. The first-order chi connectivity index (χ1) is 10.9. The molecule has 0 aliphatic carbocycles. The Kier molecular flexibility index (Phi) is 6.80. The van der Waals surface area contributed by atoms with Gasteiger partial charge in [0.15, 0.2) is 0 Å². The van der Waals surface area contributed by atoms with Gasteiger partial charge >= 0.3 is 6.03 Å². The minimum atomic E-state index is -0.0910. The molecular weight excluding hydrogens is 310 g/mol. The van der Waals surface area contributed by atoms with E-state index in [0.29, 0.717) is 6.54 Å². The summed E-state index contributed by atoms with van der Waals surface area (Å²) < 4.78 is 0. The molecule has 2 N–H and O–H groups in total. The number of nitrogens with zero attached hydrogens (tertiary/aromatic N) is 3. The molecule has 0 spiro atoms. The molecule has 1 aromatic rings. The lowest BCUT2D eigenvalue weighted by molar-refractivity contribution is 0.144. The number of nitrogens with one attached hydrogen (secondary N) is 2. The van der Waals surface area contributed by atoms with Crippen LogP contribution in [0.25, 0.3) is 0 Å². The molecule has 0 saturated carbocycles. The number of amides is 2. The number of likely N-dealkylation sites (N-methyl/N-ethyl adjacent to an activating group) is 1. The Bertz CT molecular complexity index is 498. The van der Waals surface area contributed by atoms with Gasteiger partial charge in [-0.3, -0.25) is 4.90 Å². The van der Waals surface area contributed by atoms with Crippen LogP contribution in [0.3, 0.4) is 0 Å². The van der Waals surface area contributed by atoms with Gasteiger partial charge in [-0.15, -0.1) is 11.3 Å². The number of rotatable bonds is 6. The Labute approximate surface area is 143 Å². The third-order valence-electron chi connectivity index (χ3n) is 4.13. The molecule has 2 heterocycles. The maximum Gasteiger partial charge on any atom is 0.315 e. The molecule has 1 aromatic heterocycles. The summed E-state index contributed by atoms with van der Waals surface area (Å²) in [7, 11) is 2.15. The smallest absolute Gasteiger partial charge is 0.315 e. The van der Waals surface area contributed by atoms with Crippen molar-refractivity contribution in [1.29, 1.82) is 0 Å². The first kappa shape index (κ1) is 18.2. The first-order valence-corrected chi connectivity index (χ1v) is 9.13. The second kappa shape index (κ2) is 8.61. The van der Waals surface area contributed by atoms with Crippen molar-refractivity contribution in [3.8, 4) is 0 Å². The van der Waals surface area contributed by atoms with Gasteiger partial charge in [-0.2, -0.15) is 0 Å². The highest BCUT2D eigenvalue weighted by molar-refractivity contribution is 7.11. The number of urea groups is 1. The number of thiazole rings is 1. The fraction of sp³-hybridized carbons (Fsp3) is 0.750. The number of piperazine rings is 1. The summed E-state index contributed by atoms with van der Waals surface area (Å²) in [5, 5.41) is 7.06. The Balaban J connectivity index is 1.65. The molecule has 1 fully saturated rings. The summed E-state index contributed by atoms with van der Waals surface area (Å²) >= 11 is 1.69. The van der Waals surface area contributed by atoms with Crippen LogP contribution in [0.5, 0.6) is 0 Å². The average molecular weight is 340 g/mol. The van der Waals surface area contributed by atoms with Crippen LogP contribution in [0.15, 0.2) is 6.20 Å². The van der Waals surface area contributed by atoms with Gasteiger partial charge < -0.3 is 15.5 Å². The van der Waals surface area contributed by atoms with Gasteiger partial charge in [-0.25, -0.2) is 9.78 Å². The Hall–Kier alpha value is -1.18. The number of hydrogen-bond donors (Lipinski definition) is 2. The molecule has 130 valence electrons. The zero-order valence-corrected chi connectivity index (χ0v) is 15.4. The molecule has 0 bridgehead atoms. The molecule has 2 amide bonds. The van der Waals surface area contributed by atoms with E-state index in [9.17, 15) is 4.79 Å². The zero-order valence-electron chi connectivity index (χ0n) is 14.6. The minimum Gasteiger partial charge on any atom is -0.337 e. The average Bonchev–Trinajstić information content (AvgIpc) is 2.94. The highest BCUT2D eigenvalue weighted by Gasteiger charge is 2.17. The van der Waals surface area contributed by atoms with Crippen LogP contribution in [0.4, 0.5) is 4.79 Å². The lowest BCUT2D eigenvalue weighted by atomic mass is 10.2. The van der Waals surface area contributed by atoms with Crippen LogP contribution < -0.4 is 10.6 Å². The topological polar surface area (TPSA) is 60.5 Å². The van der Waals surface area contributed by atoms with Crippen molar-refractivity contribution < 1.29 is 4.79 Å². The number of aryl methyl sites for hydroxylation is 1. The van der Waals surface area contributed by atoms with Gasteiger partial charge in [0.1, 0.15) is 0 Å². The van der Waals surface area contributed by atoms with E-state index in [0.717, 1.165) is 37.7 Å². The molecule has 2 rings (SSSR count). The van der Waals surface area contributed by atoms with Gasteiger partial charge in [0.25, 0.3) is 0 Å². The molecule has 0 radical (unpaired) electrons. The van der Waals surface area contributed by atoms with E-state index < -0.39 is 0 Å². The number of carbonyl (C=O) groups excluding carboxylic acids is 1. The monoisotopic (exact) mass is 339 g/mol. The van der Waals surface area contributed by atoms with Gasteiger partial charge in [0, 0.05) is 62.3 Å². The summed E-state index contributed by atoms with van der Waals surface area (Å²) in [5.74, 6) is 0.243. The summed E-state index contributed by atoms with van der Waals surface area (Å²) in [5.41, 5.74) is 0. The lowest BCUT2D eigenvalue weighted by Crippen LogP contribution is -2.51. The van der Waals surface area contributed by atoms with Crippen molar-refractivity contribution in [2.24, 2.45) is 0 Å². The Morgan fingerprint density at radius 3 is 2.65 bits per heavy atom. The van der Waals surface area contributed by atoms with Crippen LogP contribution in [0.1, 0.15) is 29.7 Å². The maximum absolute atomic E-state index is 12.0. The second-order valence-corrected chi connectivity index (χ2v) is 7.84. The standard InChI is InChI=1S/C16H29N5OS/c1-12(15-17-10-14(3)23-15)9-18-16(22)19-13(2)11-21-7-5-20(4)6-8-21/h10,12-13H,5-9,11H2,1-4H3,(H2,18,19,22). The number of hydrogen-bond acceptors (Lipinski definition) is 5. The van der Waals surface area contributed by atoms with E-state index in [4.69, 9.17) is 0 Å². The largest absolute Gasteiger partial charge is 0.337 e. The van der Waals surface area contributed by atoms with Crippen LogP contribution in [0.2, 0.25) is 0 Å². The van der Waals surface area contributed by atoms with Crippen LogP contribution in [-0.4, -0.2) is 73.2 Å². The number of carbonyl (C=O) groups is 1. The summed E-state index contributed by atoms with van der Waals surface area (Å²) in [4.78, 5) is 22.3. The molecule has 23 heavy (non-hydrogen) atoms. The SMILES string of the molecule is Cc1cnc(C(C)CNC(=O)NC(C)CN2CCN(C)CC2)s1. The van der Waals surface area contributed by atoms with Gasteiger partial charge in [0.05, 0.1) is 5.01 Å². The van der Waals surface area contributed by atoms with Crippen molar-refractivity contribution >= 4 is 17.4 Å². The fourth-order valence-electron chi connectivity index (χ4n) is 2.67. The third-order valence-corrected chi connectivity index (χ3v) is 5.28. The Morgan fingerprint density at radius 2 is 2.04 bits per heavy atom. The van der Waals surface area contributed by atoms with E-state index in [1.54, 1.807) is 11.3 Å². The summed E-state index contributed by atoms with van der Waals surface area (Å²) in [6, 6.07) is 0.0579. The van der Waals surface area contributed by atoms with Crippen molar-refractivity contribution in [3.05, 3.63) is 16.1 Å². The maximum atomic E-state index is 12.0. The molecule has 1 saturated heterocycles. The van der Waals surface area contributed by atoms with Crippen LogP contribution >= 0.6 is 11.3 Å². The van der Waals surface area contributed by atoms with E-state index in [1.165, 1.54) is 4.88 Å². The summed E-state index contributed by atoms with van der Waals surface area (Å²) in [6.07, 6.45) is 1.88. The first-order valence-electron chi connectivity index (χ1n) is 8.31. The van der Waals surface area contributed by atoms with Crippen molar-refractivity contribution in [3.63, 3.8) is 0 Å².